The predicted octanol–water partition coefficient (Wildman–Crippen LogP) is 0.704. The third kappa shape index (κ3) is 1.67. The zero-order chi connectivity index (χ0) is 13.6. The van der Waals surface area contributed by atoms with Crippen molar-refractivity contribution in [3.05, 3.63) is 43.9 Å². The molecule has 7 nitrogen and oxygen atoms in total. The fraction of sp³-hybridized carbons (Fsp3) is 0. The molecule has 0 fully saturated rings. The summed E-state index contributed by atoms with van der Waals surface area (Å²) in [6.07, 6.45) is 0. The minimum absolute atomic E-state index is 0.00599. The van der Waals surface area contributed by atoms with Crippen molar-refractivity contribution in [2.75, 3.05) is 5.43 Å². The van der Waals surface area contributed by atoms with E-state index in [2.05, 4.69) is 20.6 Å². The van der Waals surface area contributed by atoms with E-state index in [1.165, 1.54) is 0 Å². The Bertz CT molecular complexity index is 914. The summed E-state index contributed by atoms with van der Waals surface area (Å²) in [5, 5.41) is 5.65. The highest BCUT2D eigenvalue weighted by molar-refractivity contribution is 6.31. The van der Waals surface area contributed by atoms with E-state index in [-0.39, 0.29) is 10.9 Å². The molecular formula is C11H8ClN5O2. The molecule has 0 saturated carbocycles. The molecule has 0 bridgehead atoms. The highest BCUT2D eigenvalue weighted by Crippen LogP contribution is 2.28. The summed E-state index contributed by atoms with van der Waals surface area (Å²) in [6, 6.07) is 4.93. The van der Waals surface area contributed by atoms with Crippen LogP contribution in [0.4, 0.5) is 5.69 Å². The number of fused-ring (bicyclic) bond motifs is 2. The summed E-state index contributed by atoms with van der Waals surface area (Å²) < 4.78 is 0. The number of rotatable bonds is 1. The molecule has 3 rings (SSSR count). The number of halogens is 1. The second kappa shape index (κ2) is 4.08. The summed E-state index contributed by atoms with van der Waals surface area (Å²) in [4.78, 5) is 27.7. The molecule has 0 atom stereocenters. The molecule has 0 unspecified atom stereocenters. The Balaban J connectivity index is 2.68. The predicted molar refractivity (Wildman–Crippen MR) is 73.3 cm³/mol. The largest absolute Gasteiger partial charge is 0.323 e. The van der Waals surface area contributed by atoms with Gasteiger partial charge >= 0.3 is 0 Å². The molecule has 0 aliphatic heterocycles. The number of nitrogen functional groups attached to an aromatic ring is 1. The third-order valence-electron chi connectivity index (χ3n) is 2.82. The fourth-order valence-electron chi connectivity index (χ4n) is 2.01. The lowest BCUT2D eigenvalue weighted by Gasteiger charge is -2.08. The molecule has 8 heteroatoms. The highest BCUT2D eigenvalue weighted by atomic mass is 35.5. The number of aromatic amines is 2. The van der Waals surface area contributed by atoms with Gasteiger partial charge in [0.1, 0.15) is 5.52 Å². The minimum Gasteiger partial charge on any atom is -0.323 e. The van der Waals surface area contributed by atoms with Gasteiger partial charge in [-0.05, 0) is 18.2 Å². The second-order valence-corrected chi connectivity index (χ2v) is 4.36. The van der Waals surface area contributed by atoms with Crippen LogP contribution < -0.4 is 22.4 Å². The van der Waals surface area contributed by atoms with Crippen LogP contribution in [0.2, 0.25) is 5.02 Å². The Labute approximate surface area is 110 Å². The first-order chi connectivity index (χ1) is 9.11. The van der Waals surface area contributed by atoms with Gasteiger partial charge in [-0.2, -0.15) is 0 Å². The van der Waals surface area contributed by atoms with E-state index in [4.69, 9.17) is 17.4 Å². The Hall–Kier alpha value is -2.38. The molecular weight excluding hydrogens is 270 g/mol. The highest BCUT2D eigenvalue weighted by Gasteiger charge is 2.14. The van der Waals surface area contributed by atoms with Crippen LogP contribution >= 0.6 is 11.6 Å². The number of hydrogen-bond donors (Lipinski definition) is 4. The van der Waals surface area contributed by atoms with Crippen molar-refractivity contribution < 1.29 is 0 Å². The van der Waals surface area contributed by atoms with Crippen LogP contribution in [0.1, 0.15) is 0 Å². The van der Waals surface area contributed by atoms with Crippen molar-refractivity contribution in [1.29, 1.82) is 0 Å². The van der Waals surface area contributed by atoms with E-state index in [1.807, 2.05) is 0 Å². The summed E-state index contributed by atoms with van der Waals surface area (Å²) in [6.45, 7) is 0. The molecule has 0 aliphatic carbocycles. The Morgan fingerprint density at radius 2 is 1.95 bits per heavy atom. The van der Waals surface area contributed by atoms with Crippen LogP contribution in [-0.4, -0.2) is 15.2 Å². The Morgan fingerprint density at radius 1 is 1.21 bits per heavy atom. The molecule has 5 N–H and O–H groups in total. The first kappa shape index (κ1) is 11.7. The maximum Gasteiger partial charge on any atom is 0.289 e. The van der Waals surface area contributed by atoms with E-state index in [0.29, 0.717) is 21.6 Å². The molecule has 2 aromatic heterocycles. The molecule has 96 valence electrons. The summed E-state index contributed by atoms with van der Waals surface area (Å²) in [5.74, 6) is 5.46. The molecule has 0 aliphatic rings. The second-order valence-electron chi connectivity index (χ2n) is 3.92. The number of anilines is 1. The lowest BCUT2D eigenvalue weighted by atomic mass is 10.1. The number of benzene rings is 1. The topological polar surface area (TPSA) is 117 Å². The number of pyridine rings is 1. The van der Waals surface area contributed by atoms with E-state index < -0.39 is 11.1 Å². The zero-order valence-electron chi connectivity index (χ0n) is 9.45. The summed E-state index contributed by atoms with van der Waals surface area (Å²) in [7, 11) is 0. The van der Waals surface area contributed by atoms with Crippen LogP contribution in [0, 0.1) is 0 Å². The van der Waals surface area contributed by atoms with E-state index in [1.54, 1.807) is 18.2 Å². The molecule has 0 saturated heterocycles. The molecule has 19 heavy (non-hydrogen) atoms. The van der Waals surface area contributed by atoms with Gasteiger partial charge in [0.15, 0.2) is 0 Å². The number of hydrazine groups is 1. The lowest BCUT2D eigenvalue weighted by Crippen LogP contribution is -2.22. The van der Waals surface area contributed by atoms with Crippen LogP contribution in [0.5, 0.6) is 0 Å². The van der Waals surface area contributed by atoms with Gasteiger partial charge in [-0.1, -0.05) is 11.6 Å². The number of aromatic nitrogens is 3. The number of H-pyrrole nitrogens is 2. The van der Waals surface area contributed by atoms with Crippen molar-refractivity contribution in [2.45, 2.75) is 0 Å². The first-order valence-electron chi connectivity index (χ1n) is 5.32. The molecule has 2 heterocycles. The van der Waals surface area contributed by atoms with Gasteiger partial charge in [0.05, 0.1) is 16.6 Å². The van der Waals surface area contributed by atoms with Crippen molar-refractivity contribution >= 4 is 39.1 Å². The number of nitrogens with one attached hydrogen (secondary N) is 3. The smallest absolute Gasteiger partial charge is 0.289 e. The Morgan fingerprint density at radius 3 is 2.68 bits per heavy atom. The molecule has 0 spiro atoms. The average molecular weight is 278 g/mol. The minimum atomic E-state index is -0.507. The van der Waals surface area contributed by atoms with Gasteiger partial charge in [0.25, 0.3) is 11.1 Å². The molecule has 0 amide bonds. The molecule has 0 radical (unpaired) electrons. The van der Waals surface area contributed by atoms with E-state index in [9.17, 15) is 9.59 Å². The van der Waals surface area contributed by atoms with Crippen LogP contribution in [0.3, 0.4) is 0 Å². The third-order valence-corrected chi connectivity index (χ3v) is 3.06. The van der Waals surface area contributed by atoms with Gasteiger partial charge in [-0.3, -0.25) is 25.6 Å². The summed E-state index contributed by atoms with van der Waals surface area (Å²) >= 11 is 5.89. The van der Waals surface area contributed by atoms with Crippen molar-refractivity contribution in [1.82, 2.24) is 15.2 Å². The Kier molecular flexibility index (Phi) is 2.51. The SMILES string of the molecule is NNc1c2ccc(Cl)cc2nc2c(=O)[nH][nH]c(=O)c12. The lowest BCUT2D eigenvalue weighted by molar-refractivity contribution is 0.971. The first-order valence-corrected chi connectivity index (χ1v) is 5.70. The van der Waals surface area contributed by atoms with E-state index in [0.717, 1.165) is 0 Å². The van der Waals surface area contributed by atoms with Crippen molar-refractivity contribution in [3.8, 4) is 0 Å². The van der Waals surface area contributed by atoms with Crippen LogP contribution in [-0.2, 0) is 0 Å². The maximum absolute atomic E-state index is 11.8. The fourth-order valence-corrected chi connectivity index (χ4v) is 2.17. The van der Waals surface area contributed by atoms with Gasteiger partial charge < -0.3 is 5.43 Å². The van der Waals surface area contributed by atoms with Crippen molar-refractivity contribution in [3.63, 3.8) is 0 Å². The number of nitrogens with two attached hydrogens (primary N) is 1. The monoisotopic (exact) mass is 277 g/mol. The van der Waals surface area contributed by atoms with Crippen LogP contribution in [0.15, 0.2) is 27.8 Å². The van der Waals surface area contributed by atoms with Crippen molar-refractivity contribution in [2.24, 2.45) is 5.84 Å². The number of nitrogens with zero attached hydrogens (tertiary/aromatic N) is 1. The summed E-state index contributed by atoms with van der Waals surface area (Å²) in [5.41, 5.74) is 2.28. The normalized spacial score (nSPS) is 11.1. The zero-order valence-corrected chi connectivity index (χ0v) is 10.2. The molecule has 1 aromatic carbocycles. The molecule has 3 aromatic rings. The van der Waals surface area contributed by atoms with E-state index >= 15 is 0 Å². The quantitative estimate of drug-likeness (QED) is 0.297. The van der Waals surface area contributed by atoms with Gasteiger partial charge in [0, 0.05) is 10.4 Å². The maximum atomic E-state index is 11.8. The van der Waals surface area contributed by atoms with Gasteiger partial charge in [0.2, 0.25) is 0 Å². The van der Waals surface area contributed by atoms with Gasteiger partial charge in [-0.15, -0.1) is 0 Å². The standard InChI is InChI=1S/C11H8ClN5O2/c12-4-1-2-5-6(3-4)14-9-7(8(5)15-13)10(18)16-17-11(9)19/h1-3H,13H2,(H,14,15)(H,16,18)(H,17,19). The average Bonchev–Trinajstić information content (AvgIpc) is 2.40. The van der Waals surface area contributed by atoms with Crippen LogP contribution in [0.25, 0.3) is 21.8 Å². The van der Waals surface area contributed by atoms with Gasteiger partial charge in [-0.25, -0.2) is 4.98 Å². The number of hydrogen-bond acceptors (Lipinski definition) is 5.